The molecule has 4 rings (SSSR count). The number of hydrogen-bond acceptors (Lipinski definition) is 5. The number of aromatic nitrogens is 4. The van der Waals surface area contributed by atoms with Crippen molar-refractivity contribution in [1.82, 2.24) is 19.3 Å². The van der Waals surface area contributed by atoms with Crippen LogP contribution in [0.15, 0.2) is 28.0 Å². The first-order valence-corrected chi connectivity index (χ1v) is 8.43. The number of rotatable bonds is 3. The second-order valence-electron chi connectivity index (χ2n) is 6.57. The first kappa shape index (κ1) is 15.7. The van der Waals surface area contributed by atoms with Crippen LogP contribution >= 0.6 is 0 Å². The number of H-pyrrole nitrogens is 1. The highest BCUT2D eigenvalue weighted by atomic mass is 16.2. The zero-order valence-corrected chi connectivity index (χ0v) is 14.0. The fourth-order valence-electron chi connectivity index (χ4n) is 3.48. The summed E-state index contributed by atoms with van der Waals surface area (Å²) in [6.07, 6.45) is 5.97. The molecule has 2 aliphatic rings. The Morgan fingerprint density at radius 2 is 2.08 bits per heavy atom. The fourth-order valence-corrected chi connectivity index (χ4v) is 3.48. The second-order valence-corrected chi connectivity index (χ2v) is 6.57. The van der Waals surface area contributed by atoms with E-state index in [1.807, 2.05) is 15.8 Å². The summed E-state index contributed by atoms with van der Waals surface area (Å²) >= 11 is 0. The van der Waals surface area contributed by atoms with Crippen molar-refractivity contribution in [3.8, 4) is 0 Å². The molecule has 2 fully saturated rings. The van der Waals surface area contributed by atoms with Crippen LogP contribution < -0.4 is 21.0 Å². The van der Waals surface area contributed by atoms with E-state index in [1.54, 1.807) is 11.1 Å². The van der Waals surface area contributed by atoms with Crippen LogP contribution in [0.5, 0.6) is 0 Å². The molecule has 0 saturated carbocycles. The molecule has 2 saturated heterocycles. The molecule has 0 aromatic carbocycles. The van der Waals surface area contributed by atoms with E-state index in [4.69, 9.17) is 0 Å². The summed E-state index contributed by atoms with van der Waals surface area (Å²) < 4.78 is 2.92. The number of anilines is 2. The third kappa shape index (κ3) is 2.75. The summed E-state index contributed by atoms with van der Waals surface area (Å²) in [5, 5.41) is 4.41. The van der Waals surface area contributed by atoms with Crippen LogP contribution in [0.2, 0.25) is 0 Å². The van der Waals surface area contributed by atoms with Crippen molar-refractivity contribution >= 4 is 17.4 Å². The number of aromatic amines is 1. The van der Waals surface area contributed by atoms with E-state index in [-0.39, 0.29) is 17.5 Å². The Kier molecular flexibility index (Phi) is 3.70. The van der Waals surface area contributed by atoms with Gasteiger partial charge in [0.25, 0.3) is 5.56 Å². The van der Waals surface area contributed by atoms with E-state index in [0.717, 1.165) is 36.2 Å². The summed E-state index contributed by atoms with van der Waals surface area (Å²) in [5.74, 6) is 0.683. The number of carbonyl (C=O) groups excluding carboxylic acids is 1. The van der Waals surface area contributed by atoms with Crippen molar-refractivity contribution in [3.05, 3.63) is 39.3 Å². The maximum absolute atomic E-state index is 11.8. The summed E-state index contributed by atoms with van der Waals surface area (Å²) in [7, 11) is 1.45. The predicted octanol–water partition coefficient (Wildman–Crippen LogP) is -0.152. The minimum absolute atomic E-state index is 0.138. The number of nitrogens with one attached hydrogen (secondary N) is 1. The van der Waals surface area contributed by atoms with Gasteiger partial charge in [-0.15, -0.1) is 0 Å². The van der Waals surface area contributed by atoms with Gasteiger partial charge in [-0.3, -0.25) is 23.8 Å². The lowest BCUT2D eigenvalue weighted by atomic mass is 10.3. The standard InChI is InChI=1S/C16H20N6O3/c1-19-15(24)7-13(18-16(19)25)20-6-4-11(9-20)22-10-12(8-17-22)21-5-2-3-14(21)23/h7-8,10-11H,2-6,9H2,1H3,(H,18,25). The third-order valence-corrected chi connectivity index (χ3v) is 4.98. The molecule has 1 amide bonds. The first-order chi connectivity index (χ1) is 12.0. The highest BCUT2D eigenvalue weighted by molar-refractivity contribution is 5.95. The highest BCUT2D eigenvalue weighted by Gasteiger charge is 2.28. The lowest BCUT2D eigenvalue weighted by Gasteiger charge is -2.18. The minimum atomic E-state index is -0.417. The summed E-state index contributed by atoms with van der Waals surface area (Å²) in [6, 6.07) is 1.58. The maximum atomic E-state index is 11.8. The van der Waals surface area contributed by atoms with Crippen molar-refractivity contribution in [2.45, 2.75) is 25.3 Å². The number of nitrogens with zero attached hydrogens (tertiary/aromatic N) is 5. The van der Waals surface area contributed by atoms with Gasteiger partial charge in [0.1, 0.15) is 5.82 Å². The Hall–Kier alpha value is -2.84. The molecule has 0 bridgehead atoms. The van der Waals surface area contributed by atoms with Gasteiger partial charge >= 0.3 is 5.69 Å². The SMILES string of the molecule is Cn1c(=O)cc(N2CCC(n3cc(N4CCCC4=O)cn3)C2)[nH]c1=O. The Bertz CT molecular complexity index is 895. The van der Waals surface area contributed by atoms with Gasteiger partial charge in [0.05, 0.1) is 17.9 Å². The van der Waals surface area contributed by atoms with Gasteiger partial charge in [-0.2, -0.15) is 5.10 Å². The quantitative estimate of drug-likeness (QED) is 0.835. The summed E-state index contributed by atoms with van der Waals surface area (Å²) in [6.45, 7) is 2.12. The van der Waals surface area contributed by atoms with Crippen molar-refractivity contribution in [2.24, 2.45) is 7.05 Å². The monoisotopic (exact) mass is 344 g/mol. The Morgan fingerprint density at radius 3 is 2.80 bits per heavy atom. The van der Waals surface area contributed by atoms with Gasteiger partial charge in [-0.25, -0.2) is 4.79 Å². The molecule has 1 unspecified atom stereocenters. The van der Waals surface area contributed by atoms with E-state index < -0.39 is 5.69 Å². The van der Waals surface area contributed by atoms with Gasteiger partial charge < -0.3 is 9.80 Å². The fraction of sp³-hybridized carbons (Fsp3) is 0.500. The van der Waals surface area contributed by atoms with Crippen LogP contribution in [-0.2, 0) is 11.8 Å². The smallest absolute Gasteiger partial charge is 0.329 e. The molecule has 0 radical (unpaired) electrons. The Balaban J connectivity index is 1.51. The number of hydrogen-bond donors (Lipinski definition) is 1. The largest absolute Gasteiger partial charge is 0.356 e. The Morgan fingerprint density at radius 1 is 1.24 bits per heavy atom. The molecule has 2 aromatic rings. The average Bonchev–Trinajstić information content (AvgIpc) is 3.31. The lowest BCUT2D eigenvalue weighted by molar-refractivity contribution is -0.117. The summed E-state index contributed by atoms with van der Waals surface area (Å²) in [4.78, 5) is 41.9. The molecule has 0 aliphatic carbocycles. The molecule has 1 atom stereocenters. The molecule has 1 N–H and O–H groups in total. The molecule has 9 nitrogen and oxygen atoms in total. The molecular formula is C16H20N6O3. The van der Waals surface area contributed by atoms with E-state index in [0.29, 0.717) is 18.8 Å². The van der Waals surface area contributed by atoms with Gasteiger partial charge in [0, 0.05) is 45.4 Å². The van der Waals surface area contributed by atoms with E-state index in [2.05, 4.69) is 10.1 Å². The third-order valence-electron chi connectivity index (χ3n) is 4.98. The van der Waals surface area contributed by atoms with Crippen molar-refractivity contribution in [1.29, 1.82) is 0 Å². The van der Waals surface area contributed by atoms with Gasteiger partial charge in [0.2, 0.25) is 5.91 Å². The lowest BCUT2D eigenvalue weighted by Crippen LogP contribution is -2.35. The van der Waals surface area contributed by atoms with Crippen molar-refractivity contribution in [2.75, 3.05) is 29.4 Å². The molecule has 2 aliphatic heterocycles. The van der Waals surface area contributed by atoms with E-state index in [1.165, 1.54) is 13.1 Å². The van der Waals surface area contributed by atoms with E-state index >= 15 is 0 Å². The van der Waals surface area contributed by atoms with E-state index in [9.17, 15) is 14.4 Å². The zero-order chi connectivity index (χ0) is 17.6. The van der Waals surface area contributed by atoms with Crippen molar-refractivity contribution in [3.63, 3.8) is 0 Å². The summed E-state index contributed by atoms with van der Waals surface area (Å²) in [5.41, 5.74) is 0.0962. The average molecular weight is 344 g/mol. The van der Waals surface area contributed by atoms with Crippen LogP contribution in [0.25, 0.3) is 0 Å². The minimum Gasteiger partial charge on any atom is -0.356 e. The zero-order valence-electron chi connectivity index (χ0n) is 14.0. The van der Waals surface area contributed by atoms with Crippen LogP contribution in [0.1, 0.15) is 25.3 Å². The normalized spacial score (nSPS) is 20.7. The number of amides is 1. The first-order valence-electron chi connectivity index (χ1n) is 8.43. The molecule has 2 aromatic heterocycles. The highest BCUT2D eigenvalue weighted by Crippen LogP contribution is 2.27. The van der Waals surface area contributed by atoms with Crippen LogP contribution in [0.3, 0.4) is 0 Å². The van der Waals surface area contributed by atoms with Crippen LogP contribution in [0.4, 0.5) is 11.5 Å². The molecule has 4 heterocycles. The Labute approximate surface area is 143 Å². The number of carbonyl (C=O) groups is 1. The second kappa shape index (κ2) is 5.91. The molecule has 132 valence electrons. The van der Waals surface area contributed by atoms with Crippen molar-refractivity contribution < 1.29 is 4.79 Å². The predicted molar refractivity (Wildman–Crippen MR) is 92.0 cm³/mol. The molecule has 0 spiro atoms. The van der Waals surface area contributed by atoms with Gasteiger partial charge in [-0.1, -0.05) is 0 Å². The van der Waals surface area contributed by atoms with Gasteiger partial charge in [-0.05, 0) is 12.8 Å². The van der Waals surface area contributed by atoms with Crippen LogP contribution in [0, 0.1) is 0 Å². The maximum Gasteiger partial charge on any atom is 0.329 e. The van der Waals surface area contributed by atoms with Crippen LogP contribution in [-0.4, -0.2) is 44.9 Å². The molecule has 25 heavy (non-hydrogen) atoms. The van der Waals surface area contributed by atoms with Gasteiger partial charge in [0.15, 0.2) is 0 Å². The topological polar surface area (TPSA) is 96.2 Å². The molecule has 9 heteroatoms. The molecular weight excluding hydrogens is 324 g/mol.